The summed E-state index contributed by atoms with van der Waals surface area (Å²) in [5.41, 5.74) is 2.58. The van der Waals surface area contributed by atoms with E-state index < -0.39 is 0 Å². The second-order valence-electron chi connectivity index (χ2n) is 5.43. The van der Waals surface area contributed by atoms with Gasteiger partial charge in [0, 0.05) is 18.0 Å². The summed E-state index contributed by atoms with van der Waals surface area (Å²) in [6.45, 7) is 0.711. The topological polar surface area (TPSA) is 58.0 Å². The summed E-state index contributed by atoms with van der Waals surface area (Å²) in [6.07, 6.45) is 9.42. The van der Waals surface area contributed by atoms with Gasteiger partial charge in [-0.05, 0) is 31.6 Å². The minimum atomic E-state index is 0.144. The van der Waals surface area contributed by atoms with Crippen molar-refractivity contribution in [1.82, 2.24) is 9.97 Å². The van der Waals surface area contributed by atoms with Gasteiger partial charge in [0.05, 0.1) is 12.3 Å². The summed E-state index contributed by atoms with van der Waals surface area (Å²) >= 11 is 0. The number of aliphatic hydroxyl groups excluding tert-OH is 1. The van der Waals surface area contributed by atoms with Crippen LogP contribution in [-0.2, 0) is 6.42 Å². The Labute approximate surface area is 108 Å². The third kappa shape index (κ3) is 2.09. The molecular formula is C14H21N3O. The lowest BCUT2D eigenvalue weighted by atomic mass is 9.70. The molecule has 4 heteroatoms. The molecule has 0 spiro atoms. The quantitative estimate of drug-likeness (QED) is 0.859. The van der Waals surface area contributed by atoms with E-state index in [-0.39, 0.29) is 6.61 Å². The zero-order valence-electron chi connectivity index (χ0n) is 10.7. The molecule has 0 aromatic carbocycles. The third-order valence-corrected chi connectivity index (χ3v) is 4.41. The molecule has 1 aromatic heterocycles. The first kappa shape index (κ1) is 11.9. The third-order valence-electron chi connectivity index (χ3n) is 4.41. The highest BCUT2D eigenvalue weighted by Crippen LogP contribution is 2.45. The molecule has 4 nitrogen and oxygen atoms in total. The summed E-state index contributed by atoms with van der Waals surface area (Å²) < 4.78 is 0. The number of nitrogens with one attached hydrogen (secondary N) is 1. The van der Waals surface area contributed by atoms with E-state index in [1.807, 2.05) is 0 Å². The van der Waals surface area contributed by atoms with Crippen molar-refractivity contribution >= 4 is 5.82 Å². The van der Waals surface area contributed by atoms with Crippen LogP contribution in [0.1, 0.15) is 49.3 Å². The molecule has 0 amide bonds. The van der Waals surface area contributed by atoms with Crippen molar-refractivity contribution in [2.24, 2.45) is 5.92 Å². The molecule has 2 atom stereocenters. The monoisotopic (exact) mass is 247 g/mol. The van der Waals surface area contributed by atoms with Crippen LogP contribution >= 0.6 is 0 Å². The fraction of sp³-hybridized carbons (Fsp3) is 0.714. The lowest BCUT2D eigenvalue weighted by Crippen LogP contribution is -2.26. The minimum absolute atomic E-state index is 0.144. The van der Waals surface area contributed by atoms with E-state index in [0.29, 0.717) is 12.5 Å². The highest BCUT2D eigenvalue weighted by molar-refractivity contribution is 5.48. The standard InChI is InChI=1S/C14H21N3O/c18-8-7-15-14-12-6-5-10-3-1-2-4-11(10)13(12)16-9-17-14/h9-11,18H,1-8H2,(H,15,16,17)/t10-,11-/m1/s1. The largest absolute Gasteiger partial charge is 0.395 e. The van der Waals surface area contributed by atoms with Crippen LogP contribution in [0.15, 0.2) is 6.33 Å². The van der Waals surface area contributed by atoms with Crippen molar-refractivity contribution in [3.63, 3.8) is 0 Å². The van der Waals surface area contributed by atoms with Gasteiger partial charge in [0.25, 0.3) is 0 Å². The van der Waals surface area contributed by atoms with Gasteiger partial charge >= 0.3 is 0 Å². The molecule has 0 radical (unpaired) electrons. The van der Waals surface area contributed by atoms with Crippen molar-refractivity contribution in [1.29, 1.82) is 0 Å². The molecule has 2 N–H and O–H groups in total. The number of aliphatic hydroxyl groups is 1. The van der Waals surface area contributed by atoms with Gasteiger partial charge in [0.2, 0.25) is 0 Å². The van der Waals surface area contributed by atoms with Crippen molar-refractivity contribution in [2.75, 3.05) is 18.5 Å². The van der Waals surface area contributed by atoms with Crippen molar-refractivity contribution in [3.8, 4) is 0 Å². The van der Waals surface area contributed by atoms with Gasteiger partial charge in [-0.15, -0.1) is 0 Å². The van der Waals surface area contributed by atoms with Gasteiger partial charge in [0.1, 0.15) is 12.1 Å². The van der Waals surface area contributed by atoms with Gasteiger partial charge < -0.3 is 10.4 Å². The van der Waals surface area contributed by atoms with Gasteiger partial charge in [-0.2, -0.15) is 0 Å². The van der Waals surface area contributed by atoms with Gasteiger partial charge in [-0.3, -0.25) is 0 Å². The molecule has 18 heavy (non-hydrogen) atoms. The van der Waals surface area contributed by atoms with E-state index in [1.165, 1.54) is 43.4 Å². The van der Waals surface area contributed by atoms with E-state index >= 15 is 0 Å². The Bertz CT molecular complexity index is 422. The molecule has 2 aliphatic carbocycles. The van der Waals surface area contributed by atoms with E-state index in [4.69, 9.17) is 5.11 Å². The normalized spacial score (nSPS) is 26.3. The molecular weight excluding hydrogens is 226 g/mol. The number of anilines is 1. The van der Waals surface area contributed by atoms with Crippen LogP contribution in [0.25, 0.3) is 0 Å². The van der Waals surface area contributed by atoms with Gasteiger partial charge in [-0.25, -0.2) is 9.97 Å². The van der Waals surface area contributed by atoms with E-state index in [9.17, 15) is 0 Å². The maximum absolute atomic E-state index is 8.91. The Hall–Kier alpha value is -1.16. The molecule has 1 aromatic rings. The molecule has 1 saturated carbocycles. The number of nitrogens with zero attached hydrogens (tertiary/aromatic N) is 2. The first-order valence-corrected chi connectivity index (χ1v) is 7.08. The fourth-order valence-corrected chi connectivity index (χ4v) is 3.56. The zero-order chi connectivity index (χ0) is 12.4. The molecule has 0 bridgehead atoms. The second kappa shape index (κ2) is 5.22. The average molecular weight is 247 g/mol. The van der Waals surface area contributed by atoms with E-state index in [1.54, 1.807) is 6.33 Å². The minimum Gasteiger partial charge on any atom is -0.395 e. The molecule has 1 heterocycles. The van der Waals surface area contributed by atoms with Gasteiger partial charge in [0.15, 0.2) is 0 Å². The first-order chi connectivity index (χ1) is 8.90. The Morgan fingerprint density at radius 2 is 2.11 bits per heavy atom. The van der Waals surface area contributed by atoms with Crippen LogP contribution in [0.4, 0.5) is 5.82 Å². The number of rotatable bonds is 3. The maximum atomic E-state index is 8.91. The van der Waals surface area contributed by atoms with Gasteiger partial charge in [-0.1, -0.05) is 12.8 Å². The van der Waals surface area contributed by atoms with E-state index in [0.717, 1.165) is 18.2 Å². The predicted molar refractivity (Wildman–Crippen MR) is 70.6 cm³/mol. The molecule has 3 rings (SSSR count). The number of hydrogen-bond acceptors (Lipinski definition) is 4. The summed E-state index contributed by atoms with van der Waals surface area (Å²) in [5.74, 6) is 2.44. The van der Waals surface area contributed by atoms with Crippen LogP contribution in [0, 0.1) is 5.92 Å². The van der Waals surface area contributed by atoms with Crippen LogP contribution in [0.3, 0.4) is 0 Å². The SMILES string of the molecule is OCCNc1ncnc2c1CC[C@H]1CCCC[C@@H]21. The predicted octanol–water partition coefficient (Wildman–Crippen LogP) is 2.10. The molecule has 0 unspecified atom stereocenters. The van der Waals surface area contributed by atoms with Crippen LogP contribution in [0.5, 0.6) is 0 Å². The van der Waals surface area contributed by atoms with Crippen LogP contribution in [-0.4, -0.2) is 28.2 Å². The second-order valence-corrected chi connectivity index (χ2v) is 5.43. The lowest BCUT2D eigenvalue weighted by Gasteiger charge is -2.36. The lowest BCUT2D eigenvalue weighted by molar-refractivity contribution is 0.270. The smallest absolute Gasteiger partial charge is 0.132 e. The molecule has 98 valence electrons. The highest BCUT2D eigenvalue weighted by atomic mass is 16.3. The average Bonchev–Trinajstić information content (AvgIpc) is 2.44. The maximum Gasteiger partial charge on any atom is 0.132 e. The zero-order valence-corrected chi connectivity index (χ0v) is 10.7. The number of aromatic nitrogens is 2. The summed E-state index contributed by atoms with van der Waals surface area (Å²) in [5, 5.41) is 12.1. The summed E-state index contributed by atoms with van der Waals surface area (Å²) in [6, 6.07) is 0. The fourth-order valence-electron chi connectivity index (χ4n) is 3.56. The highest BCUT2D eigenvalue weighted by Gasteiger charge is 2.33. The Morgan fingerprint density at radius 3 is 3.00 bits per heavy atom. The molecule has 2 aliphatic rings. The Morgan fingerprint density at radius 1 is 1.22 bits per heavy atom. The van der Waals surface area contributed by atoms with Crippen molar-refractivity contribution < 1.29 is 5.11 Å². The Balaban J connectivity index is 1.89. The van der Waals surface area contributed by atoms with Crippen molar-refractivity contribution in [2.45, 2.75) is 44.4 Å². The van der Waals surface area contributed by atoms with Crippen molar-refractivity contribution in [3.05, 3.63) is 17.6 Å². The molecule has 0 aliphatic heterocycles. The first-order valence-electron chi connectivity index (χ1n) is 7.08. The number of hydrogen-bond donors (Lipinski definition) is 2. The van der Waals surface area contributed by atoms with Crippen LogP contribution < -0.4 is 5.32 Å². The summed E-state index contributed by atoms with van der Waals surface area (Å²) in [7, 11) is 0. The van der Waals surface area contributed by atoms with Crippen LogP contribution in [0.2, 0.25) is 0 Å². The molecule has 0 saturated heterocycles. The Kier molecular flexibility index (Phi) is 3.46. The number of fused-ring (bicyclic) bond motifs is 3. The molecule has 1 fully saturated rings. The summed E-state index contributed by atoms with van der Waals surface area (Å²) in [4.78, 5) is 8.89. The van der Waals surface area contributed by atoms with E-state index in [2.05, 4.69) is 15.3 Å².